The molecule has 9 heteroatoms. The number of rotatable bonds is 12. The normalized spacial score (nSPS) is 11.2. The lowest BCUT2D eigenvalue weighted by Crippen LogP contribution is -2.41. The molecule has 0 aliphatic rings. The summed E-state index contributed by atoms with van der Waals surface area (Å²) in [6, 6.07) is 17.1. The average Bonchev–Trinajstić information content (AvgIpc) is 3.35. The standard InChI is InChI=1S/C24H28N2O5S2/c1-3-30-23-11-5-4-10-22(23)26(33(28,29)21-14-12-20(32-2)13-15-21)18-24(27)25-16-6-8-19-9-7-17-31-19/h4-5,7,9-15,17H,3,6,8,16,18H2,1-2H3,(H,25,27). The number of anilines is 1. The summed E-state index contributed by atoms with van der Waals surface area (Å²) in [6.45, 7) is 2.23. The third-order valence-electron chi connectivity index (χ3n) is 4.87. The highest BCUT2D eigenvalue weighted by Crippen LogP contribution is 2.32. The molecule has 0 atom stereocenters. The number of benzene rings is 2. The van der Waals surface area contributed by atoms with Gasteiger partial charge in [-0.1, -0.05) is 12.1 Å². The van der Waals surface area contributed by atoms with E-state index < -0.39 is 15.9 Å². The molecule has 0 fully saturated rings. The Kier molecular flexibility index (Phi) is 8.85. The Bertz CT molecular complexity index is 1130. The van der Waals surface area contributed by atoms with Gasteiger partial charge >= 0.3 is 0 Å². The summed E-state index contributed by atoms with van der Waals surface area (Å²) >= 11 is 1.52. The first-order valence-corrected chi connectivity index (χ1v) is 13.3. The van der Waals surface area contributed by atoms with Crippen LogP contribution in [0.4, 0.5) is 5.69 Å². The van der Waals surface area contributed by atoms with Gasteiger partial charge in [-0.2, -0.15) is 0 Å². The lowest BCUT2D eigenvalue weighted by molar-refractivity contribution is -0.119. The summed E-state index contributed by atoms with van der Waals surface area (Å²) in [5, 5.41) is 2.81. The van der Waals surface area contributed by atoms with Crippen molar-refractivity contribution in [2.45, 2.75) is 29.6 Å². The third kappa shape index (κ3) is 6.55. The summed E-state index contributed by atoms with van der Waals surface area (Å²) in [6.07, 6.45) is 4.89. The number of amides is 1. The van der Waals surface area contributed by atoms with Gasteiger partial charge in [-0.05, 0) is 68.1 Å². The van der Waals surface area contributed by atoms with E-state index in [1.54, 1.807) is 54.8 Å². The third-order valence-corrected chi connectivity index (χ3v) is 7.39. The highest BCUT2D eigenvalue weighted by atomic mass is 32.2. The van der Waals surface area contributed by atoms with Gasteiger partial charge in [-0.25, -0.2) is 8.42 Å². The van der Waals surface area contributed by atoms with E-state index >= 15 is 0 Å². The Balaban J connectivity index is 1.81. The number of para-hydroxylation sites is 2. The van der Waals surface area contributed by atoms with Gasteiger partial charge < -0.3 is 14.5 Å². The summed E-state index contributed by atoms with van der Waals surface area (Å²) in [5.41, 5.74) is 0.319. The Morgan fingerprint density at radius 1 is 1.09 bits per heavy atom. The van der Waals surface area contributed by atoms with Gasteiger partial charge in [0.05, 0.1) is 23.5 Å². The molecule has 0 unspecified atom stereocenters. The number of ether oxygens (including phenoxy) is 1. The minimum atomic E-state index is -4.01. The number of aryl methyl sites for hydroxylation is 1. The molecule has 1 heterocycles. The Labute approximate surface area is 199 Å². The van der Waals surface area contributed by atoms with Crippen molar-refractivity contribution >= 4 is 33.4 Å². The number of hydrogen-bond acceptors (Lipinski definition) is 6. The molecule has 3 aromatic rings. The summed E-state index contributed by atoms with van der Waals surface area (Å²) in [5.74, 6) is 0.841. The molecular weight excluding hydrogens is 460 g/mol. The fraction of sp³-hybridized carbons (Fsp3) is 0.292. The highest BCUT2D eigenvalue weighted by molar-refractivity contribution is 7.98. The largest absolute Gasteiger partial charge is 0.492 e. The first-order valence-electron chi connectivity index (χ1n) is 10.6. The number of sulfonamides is 1. The SMILES string of the molecule is CCOc1ccccc1N(CC(=O)NCCCc1ccco1)S(=O)(=O)c1ccc(SC)cc1. The van der Waals surface area contributed by atoms with Crippen LogP contribution >= 0.6 is 11.8 Å². The molecule has 0 radical (unpaired) electrons. The number of furan rings is 1. The predicted octanol–water partition coefficient (Wildman–Crippen LogP) is 4.34. The molecule has 176 valence electrons. The van der Waals surface area contributed by atoms with Crippen molar-refractivity contribution in [1.82, 2.24) is 5.32 Å². The molecule has 1 amide bonds. The molecule has 0 aliphatic carbocycles. The topological polar surface area (TPSA) is 88.8 Å². The maximum Gasteiger partial charge on any atom is 0.264 e. The number of carbonyl (C=O) groups is 1. The molecule has 1 N–H and O–H groups in total. The molecule has 0 saturated carbocycles. The van der Waals surface area contributed by atoms with E-state index in [2.05, 4.69) is 5.32 Å². The van der Waals surface area contributed by atoms with Crippen LogP contribution in [0.15, 0.2) is 81.1 Å². The maximum absolute atomic E-state index is 13.6. The molecule has 0 spiro atoms. The monoisotopic (exact) mass is 488 g/mol. The van der Waals surface area contributed by atoms with Crippen LogP contribution in [0.1, 0.15) is 19.1 Å². The second kappa shape index (κ2) is 11.8. The van der Waals surface area contributed by atoms with E-state index in [1.165, 1.54) is 11.8 Å². The lowest BCUT2D eigenvalue weighted by atomic mass is 10.2. The number of hydrogen-bond donors (Lipinski definition) is 1. The Morgan fingerprint density at radius 3 is 2.52 bits per heavy atom. The summed E-state index contributed by atoms with van der Waals surface area (Å²) in [7, 11) is -4.01. The second-order valence-corrected chi connectivity index (χ2v) is 9.86. The van der Waals surface area contributed by atoms with Crippen LogP contribution in [-0.2, 0) is 21.2 Å². The number of nitrogens with zero attached hydrogens (tertiary/aromatic N) is 1. The van der Waals surface area contributed by atoms with Crippen LogP contribution in [0.2, 0.25) is 0 Å². The van der Waals surface area contributed by atoms with Crippen molar-refractivity contribution in [3.63, 3.8) is 0 Å². The first kappa shape index (κ1) is 24.7. The van der Waals surface area contributed by atoms with Crippen molar-refractivity contribution in [1.29, 1.82) is 0 Å². The van der Waals surface area contributed by atoms with Gasteiger partial charge in [0, 0.05) is 17.9 Å². The van der Waals surface area contributed by atoms with Crippen LogP contribution in [0, 0.1) is 0 Å². The van der Waals surface area contributed by atoms with Crippen molar-refractivity contribution in [2.75, 3.05) is 30.3 Å². The average molecular weight is 489 g/mol. The molecule has 3 rings (SSSR count). The van der Waals surface area contributed by atoms with Crippen LogP contribution < -0.4 is 14.4 Å². The molecule has 1 aromatic heterocycles. The second-order valence-electron chi connectivity index (χ2n) is 7.12. The Hall–Kier alpha value is -2.91. The van der Waals surface area contributed by atoms with Gasteiger partial charge in [0.25, 0.3) is 10.0 Å². The van der Waals surface area contributed by atoms with Gasteiger partial charge in [0.15, 0.2) is 0 Å². The van der Waals surface area contributed by atoms with E-state index in [0.717, 1.165) is 15.0 Å². The van der Waals surface area contributed by atoms with Crippen LogP contribution in [0.5, 0.6) is 5.75 Å². The number of carbonyl (C=O) groups excluding carboxylic acids is 1. The Morgan fingerprint density at radius 2 is 1.85 bits per heavy atom. The van der Waals surface area contributed by atoms with Gasteiger partial charge in [-0.15, -0.1) is 11.8 Å². The first-order chi connectivity index (χ1) is 16.0. The summed E-state index contributed by atoms with van der Waals surface area (Å²) < 4.78 is 39.2. The van der Waals surface area contributed by atoms with Crippen LogP contribution in [-0.4, -0.2) is 40.3 Å². The minimum Gasteiger partial charge on any atom is -0.492 e. The zero-order chi connectivity index (χ0) is 23.7. The molecular formula is C24H28N2O5S2. The van der Waals surface area contributed by atoms with Gasteiger partial charge in [-0.3, -0.25) is 9.10 Å². The smallest absolute Gasteiger partial charge is 0.264 e. The predicted molar refractivity (Wildman–Crippen MR) is 130 cm³/mol. The van der Waals surface area contributed by atoms with E-state index in [9.17, 15) is 13.2 Å². The van der Waals surface area contributed by atoms with Crippen molar-refractivity contribution in [3.8, 4) is 5.75 Å². The maximum atomic E-state index is 13.6. The van der Waals surface area contributed by atoms with Crippen molar-refractivity contribution in [3.05, 3.63) is 72.7 Å². The highest BCUT2D eigenvalue weighted by Gasteiger charge is 2.29. The quantitative estimate of drug-likeness (QED) is 0.301. The van der Waals surface area contributed by atoms with Crippen LogP contribution in [0.3, 0.4) is 0 Å². The molecule has 0 bridgehead atoms. The number of thioether (sulfide) groups is 1. The van der Waals surface area contributed by atoms with E-state index in [-0.39, 0.29) is 11.4 Å². The lowest BCUT2D eigenvalue weighted by Gasteiger charge is -2.26. The zero-order valence-corrected chi connectivity index (χ0v) is 20.3. The molecule has 2 aromatic carbocycles. The minimum absolute atomic E-state index is 0.109. The van der Waals surface area contributed by atoms with Crippen molar-refractivity contribution < 1.29 is 22.4 Å². The fourth-order valence-corrected chi connectivity index (χ4v) is 5.09. The van der Waals surface area contributed by atoms with E-state index in [1.807, 2.05) is 25.3 Å². The number of nitrogens with one attached hydrogen (secondary N) is 1. The molecule has 0 saturated heterocycles. The zero-order valence-electron chi connectivity index (χ0n) is 18.7. The fourth-order valence-electron chi connectivity index (χ4n) is 3.25. The van der Waals surface area contributed by atoms with Crippen molar-refractivity contribution in [2.24, 2.45) is 0 Å². The summed E-state index contributed by atoms with van der Waals surface area (Å²) in [4.78, 5) is 13.8. The van der Waals surface area contributed by atoms with E-state index in [0.29, 0.717) is 37.4 Å². The van der Waals surface area contributed by atoms with E-state index in [4.69, 9.17) is 9.15 Å². The van der Waals surface area contributed by atoms with Gasteiger partial charge in [0.1, 0.15) is 18.1 Å². The molecule has 7 nitrogen and oxygen atoms in total. The molecule has 33 heavy (non-hydrogen) atoms. The van der Waals surface area contributed by atoms with Gasteiger partial charge in [0.2, 0.25) is 5.91 Å². The molecule has 0 aliphatic heterocycles. The van der Waals surface area contributed by atoms with Crippen LogP contribution in [0.25, 0.3) is 0 Å².